The molecular formula is C20H20N4O4. The molecule has 8 heteroatoms. The maximum atomic E-state index is 12.7. The molecule has 8 nitrogen and oxygen atoms in total. The molecular weight excluding hydrogens is 360 g/mol. The molecule has 2 aromatic carbocycles. The summed E-state index contributed by atoms with van der Waals surface area (Å²) >= 11 is 0. The van der Waals surface area contributed by atoms with E-state index in [2.05, 4.69) is 15.5 Å². The zero-order valence-electron chi connectivity index (χ0n) is 15.8. The first kappa shape index (κ1) is 19.2. The van der Waals surface area contributed by atoms with Crippen LogP contribution in [0.5, 0.6) is 0 Å². The van der Waals surface area contributed by atoms with E-state index >= 15 is 0 Å². The first-order valence-electron chi connectivity index (χ1n) is 8.71. The largest absolute Gasteiger partial charge is 0.348 e. The van der Waals surface area contributed by atoms with Gasteiger partial charge in [-0.3, -0.25) is 14.9 Å². The number of para-hydroxylation sites is 1. The summed E-state index contributed by atoms with van der Waals surface area (Å²) in [5.74, 6) is 0.406. The number of aromatic nitrogens is 2. The summed E-state index contributed by atoms with van der Waals surface area (Å²) in [6, 6.07) is 13.2. The number of carbonyl (C=O) groups is 1. The lowest BCUT2D eigenvalue weighted by Gasteiger charge is -2.11. The van der Waals surface area contributed by atoms with Crippen LogP contribution in [-0.4, -0.2) is 21.0 Å². The molecule has 1 aromatic heterocycles. The second-order valence-corrected chi connectivity index (χ2v) is 7.29. The van der Waals surface area contributed by atoms with Crippen LogP contribution in [0.4, 0.5) is 5.69 Å². The lowest BCUT2D eigenvalue weighted by molar-refractivity contribution is -0.385. The fourth-order valence-electron chi connectivity index (χ4n) is 2.61. The molecule has 0 unspecified atom stereocenters. The van der Waals surface area contributed by atoms with Crippen LogP contribution in [0.1, 0.15) is 42.5 Å². The molecule has 1 amide bonds. The number of nitrogens with zero attached hydrogens (tertiary/aromatic N) is 3. The molecule has 3 aromatic rings. The maximum Gasteiger partial charge on any atom is 0.274 e. The monoisotopic (exact) mass is 380 g/mol. The molecule has 0 atom stereocenters. The summed E-state index contributed by atoms with van der Waals surface area (Å²) in [6.07, 6.45) is 0. The third-order valence-electron chi connectivity index (χ3n) is 4.13. The van der Waals surface area contributed by atoms with Crippen molar-refractivity contribution in [3.05, 3.63) is 75.6 Å². The van der Waals surface area contributed by atoms with E-state index < -0.39 is 4.92 Å². The van der Waals surface area contributed by atoms with Gasteiger partial charge in [0.25, 0.3) is 17.5 Å². The van der Waals surface area contributed by atoms with Crippen LogP contribution in [0.15, 0.2) is 53.1 Å². The second-order valence-electron chi connectivity index (χ2n) is 7.29. The van der Waals surface area contributed by atoms with Crippen LogP contribution >= 0.6 is 0 Å². The molecule has 0 bridgehead atoms. The highest BCUT2D eigenvalue weighted by atomic mass is 16.6. The highest BCUT2D eigenvalue weighted by molar-refractivity contribution is 5.99. The van der Waals surface area contributed by atoms with Crippen molar-refractivity contribution in [3.63, 3.8) is 0 Å². The zero-order chi connectivity index (χ0) is 20.3. The molecule has 0 aliphatic heterocycles. The van der Waals surface area contributed by atoms with Gasteiger partial charge in [-0.25, -0.2) is 0 Å². The Kier molecular flexibility index (Phi) is 5.21. The number of amides is 1. The Morgan fingerprint density at radius 3 is 2.50 bits per heavy atom. The van der Waals surface area contributed by atoms with E-state index in [0.717, 1.165) is 0 Å². The van der Waals surface area contributed by atoms with E-state index in [9.17, 15) is 14.9 Å². The average molecular weight is 380 g/mol. The van der Waals surface area contributed by atoms with Gasteiger partial charge in [0.15, 0.2) is 5.82 Å². The van der Waals surface area contributed by atoms with Crippen molar-refractivity contribution < 1.29 is 14.2 Å². The Hall–Kier alpha value is -3.55. The number of rotatable bonds is 5. The number of nitro benzene ring substituents is 1. The number of hydrogen-bond acceptors (Lipinski definition) is 6. The van der Waals surface area contributed by atoms with Gasteiger partial charge in [-0.15, -0.1) is 0 Å². The normalized spacial score (nSPS) is 11.2. The SMILES string of the molecule is CC(C)(C)c1noc(-c2ccccc2C(=O)NCc2ccccc2[N+](=O)[O-])n1. The Bertz CT molecular complexity index is 1020. The minimum absolute atomic E-state index is 0.0292. The Morgan fingerprint density at radius 1 is 1.14 bits per heavy atom. The fourth-order valence-corrected chi connectivity index (χ4v) is 2.61. The molecule has 1 N–H and O–H groups in total. The van der Waals surface area contributed by atoms with Gasteiger partial charge in [0.2, 0.25) is 0 Å². The van der Waals surface area contributed by atoms with Crippen molar-refractivity contribution in [1.82, 2.24) is 15.5 Å². The lowest BCUT2D eigenvalue weighted by Crippen LogP contribution is -2.24. The van der Waals surface area contributed by atoms with E-state index in [-0.39, 0.29) is 29.4 Å². The molecule has 144 valence electrons. The van der Waals surface area contributed by atoms with Gasteiger partial charge in [0.05, 0.1) is 16.1 Å². The summed E-state index contributed by atoms with van der Waals surface area (Å²) in [7, 11) is 0. The summed E-state index contributed by atoms with van der Waals surface area (Å²) in [5, 5.41) is 17.8. The van der Waals surface area contributed by atoms with E-state index in [1.54, 1.807) is 42.5 Å². The lowest BCUT2D eigenvalue weighted by atomic mass is 9.96. The van der Waals surface area contributed by atoms with Crippen LogP contribution in [0.2, 0.25) is 0 Å². The van der Waals surface area contributed by atoms with Gasteiger partial charge in [-0.2, -0.15) is 4.98 Å². The van der Waals surface area contributed by atoms with Gasteiger partial charge in [-0.05, 0) is 12.1 Å². The highest BCUT2D eigenvalue weighted by Gasteiger charge is 2.24. The van der Waals surface area contributed by atoms with Crippen LogP contribution in [0, 0.1) is 10.1 Å². The van der Waals surface area contributed by atoms with Gasteiger partial charge < -0.3 is 9.84 Å². The number of nitrogens with one attached hydrogen (secondary N) is 1. The predicted molar refractivity (Wildman–Crippen MR) is 103 cm³/mol. The van der Waals surface area contributed by atoms with Crippen molar-refractivity contribution in [2.75, 3.05) is 0 Å². The maximum absolute atomic E-state index is 12.7. The van der Waals surface area contributed by atoms with Crippen molar-refractivity contribution in [1.29, 1.82) is 0 Å². The summed E-state index contributed by atoms with van der Waals surface area (Å²) in [6.45, 7) is 5.93. The highest BCUT2D eigenvalue weighted by Crippen LogP contribution is 2.26. The molecule has 3 rings (SSSR count). The molecule has 0 saturated heterocycles. The molecule has 0 radical (unpaired) electrons. The van der Waals surface area contributed by atoms with Crippen LogP contribution < -0.4 is 5.32 Å². The van der Waals surface area contributed by atoms with Gasteiger partial charge in [-0.1, -0.05) is 56.3 Å². The van der Waals surface area contributed by atoms with Crippen molar-refractivity contribution >= 4 is 11.6 Å². The summed E-state index contributed by atoms with van der Waals surface area (Å²) < 4.78 is 5.35. The minimum atomic E-state index is -0.470. The van der Waals surface area contributed by atoms with Crippen molar-refractivity contribution in [2.24, 2.45) is 0 Å². The van der Waals surface area contributed by atoms with Gasteiger partial charge in [0.1, 0.15) is 0 Å². The number of hydrogen-bond donors (Lipinski definition) is 1. The first-order valence-corrected chi connectivity index (χ1v) is 8.71. The third kappa shape index (κ3) is 4.06. The molecule has 0 spiro atoms. The fraction of sp³-hybridized carbons (Fsp3) is 0.250. The molecule has 0 fully saturated rings. The van der Waals surface area contributed by atoms with Crippen LogP contribution in [0.25, 0.3) is 11.5 Å². The second kappa shape index (κ2) is 7.59. The topological polar surface area (TPSA) is 111 Å². The molecule has 0 aliphatic rings. The Labute approximate surface area is 161 Å². The average Bonchev–Trinajstić information content (AvgIpc) is 3.17. The smallest absolute Gasteiger partial charge is 0.274 e. The molecule has 28 heavy (non-hydrogen) atoms. The van der Waals surface area contributed by atoms with Crippen LogP contribution in [-0.2, 0) is 12.0 Å². The zero-order valence-corrected chi connectivity index (χ0v) is 15.8. The molecule has 0 aliphatic carbocycles. The van der Waals surface area contributed by atoms with Crippen LogP contribution in [0.3, 0.4) is 0 Å². The third-order valence-corrected chi connectivity index (χ3v) is 4.13. The van der Waals surface area contributed by atoms with E-state index in [4.69, 9.17) is 4.52 Å². The van der Waals surface area contributed by atoms with Gasteiger partial charge >= 0.3 is 0 Å². The molecule has 1 heterocycles. The van der Waals surface area contributed by atoms with Crippen molar-refractivity contribution in [3.8, 4) is 11.5 Å². The van der Waals surface area contributed by atoms with E-state index in [1.807, 2.05) is 20.8 Å². The summed E-state index contributed by atoms with van der Waals surface area (Å²) in [4.78, 5) is 27.8. The van der Waals surface area contributed by atoms with Gasteiger partial charge in [0, 0.05) is 23.6 Å². The quantitative estimate of drug-likeness (QED) is 0.531. The number of carbonyl (C=O) groups excluding carboxylic acids is 1. The standard InChI is InChI=1S/C20H20N4O4/c1-20(2,3)19-22-18(28-23-19)15-10-6-5-9-14(15)17(25)21-12-13-8-4-7-11-16(13)24(26)27/h4-11H,12H2,1-3H3,(H,21,25). The molecule has 0 saturated carbocycles. The number of benzene rings is 2. The van der Waals surface area contributed by atoms with Crippen molar-refractivity contribution in [2.45, 2.75) is 32.7 Å². The van der Waals surface area contributed by atoms with E-state index in [0.29, 0.717) is 22.5 Å². The Morgan fingerprint density at radius 2 is 1.82 bits per heavy atom. The Balaban J connectivity index is 1.84. The summed E-state index contributed by atoms with van der Waals surface area (Å²) in [5.41, 5.74) is 0.954. The first-order chi connectivity index (χ1) is 13.3. The number of nitro groups is 1. The predicted octanol–water partition coefficient (Wildman–Crippen LogP) is 3.87. The van der Waals surface area contributed by atoms with E-state index in [1.165, 1.54) is 6.07 Å². The minimum Gasteiger partial charge on any atom is -0.348 e.